The maximum atomic E-state index is 2.62. The van der Waals surface area contributed by atoms with Crippen LogP contribution in [0, 0.1) is 0 Å². The fraction of sp³-hybridized carbons (Fsp3) is 0.263. The van der Waals surface area contributed by atoms with Gasteiger partial charge in [-0.05, 0) is 0 Å². The van der Waals surface area contributed by atoms with Crippen molar-refractivity contribution in [1.29, 1.82) is 0 Å². The van der Waals surface area contributed by atoms with E-state index < -0.39 is 17.4 Å². The summed E-state index contributed by atoms with van der Waals surface area (Å²) in [6.07, 6.45) is 11.7. The molecule has 3 rings (SSSR count). The smallest absolute Gasteiger partial charge is 0.147 e. The maximum Gasteiger partial charge on any atom is -0.147 e. The molecule has 0 spiro atoms. The Kier molecular flexibility index (Phi) is 6.72. The van der Waals surface area contributed by atoms with Gasteiger partial charge in [0.1, 0.15) is 0 Å². The monoisotopic (exact) mass is 442 g/mol. The molecule has 1 aromatic rings. The van der Waals surface area contributed by atoms with Crippen LogP contribution >= 0.6 is 24.8 Å². The predicted molar refractivity (Wildman–Crippen MR) is 108 cm³/mol. The molecule has 0 bridgehead atoms. The van der Waals surface area contributed by atoms with Crippen molar-refractivity contribution in [2.45, 2.75) is 29.0 Å². The summed E-state index contributed by atoms with van der Waals surface area (Å²) in [5.74, 6) is 0. The molecule has 0 atom stereocenters. The second-order valence-corrected chi connectivity index (χ2v) is 36.0. The standard InChI is InChI=1S/C11H9.C6H7.2CH3.2ClH.H2Si.Zr/c1-2-6-10(7-3-1)11-8-4-5-9-11;1-6-4-2-3-5-6;;;;;;/h1-4,6-8H,5H2;2,4H,3H2,1H3;2*1H3;2*1H;1H2;. The van der Waals surface area contributed by atoms with Crippen LogP contribution in [0.4, 0.5) is 0 Å². The number of hydrogen-bond donors (Lipinski definition) is 0. The summed E-state index contributed by atoms with van der Waals surface area (Å²) in [6, 6.07) is 10.9. The molecule has 2 aliphatic carbocycles. The first-order valence-corrected chi connectivity index (χ1v) is 21.1. The maximum absolute atomic E-state index is 2.99. The van der Waals surface area contributed by atoms with Crippen molar-refractivity contribution in [2.24, 2.45) is 0 Å². The fourth-order valence-electron chi connectivity index (χ4n) is 3.91. The Bertz CT molecular complexity index is 777. The quantitative estimate of drug-likeness (QED) is 0.519. The van der Waals surface area contributed by atoms with Crippen LogP contribution in [-0.4, -0.2) is 6.88 Å². The van der Waals surface area contributed by atoms with Gasteiger partial charge in [-0.3, -0.25) is 0 Å². The summed E-state index contributed by atoms with van der Waals surface area (Å²) in [7, 11) is 0. The van der Waals surface area contributed by atoms with Gasteiger partial charge in [-0.2, -0.15) is 0 Å². The molecule has 0 amide bonds. The Morgan fingerprint density at radius 1 is 0.870 bits per heavy atom. The van der Waals surface area contributed by atoms with Crippen molar-refractivity contribution < 1.29 is 17.4 Å². The number of halogens is 2. The van der Waals surface area contributed by atoms with Crippen molar-refractivity contribution in [2.75, 3.05) is 0 Å². The van der Waals surface area contributed by atoms with Gasteiger partial charge in [-0.1, -0.05) is 0 Å². The molecule has 0 unspecified atom stereocenters. The Morgan fingerprint density at radius 2 is 1.43 bits per heavy atom. The molecule has 0 saturated heterocycles. The molecular weight excluding hydrogens is 418 g/mol. The average Bonchev–Trinajstić information content (AvgIpc) is 3.08. The zero-order valence-electron chi connectivity index (χ0n) is 14.1. The second kappa shape index (κ2) is 7.40. The van der Waals surface area contributed by atoms with E-state index in [2.05, 4.69) is 77.7 Å². The second-order valence-electron chi connectivity index (χ2n) is 7.32. The van der Waals surface area contributed by atoms with E-state index in [-0.39, 0.29) is 24.8 Å². The normalized spacial score (nSPS) is 17.4. The van der Waals surface area contributed by atoms with Gasteiger partial charge >= 0.3 is 131 Å². The van der Waals surface area contributed by atoms with Crippen molar-refractivity contribution in [1.82, 2.24) is 0 Å². The van der Waals surface area contributed by atoms with Gasteiger partial charge in [-0.25, -0.2) is 0 Å². The van der Waals surface area contributed by atoms with E-state index >= 15 is 0 Å². The van der Waals surface area contributed by atoms with Crippen molar-refractivity contribution in [3.05, 3.63) is 72.3 Å². The summed E-state index contributed by atoms with van der Waals surface area (Å²) in [4.78, 5) is 0. The van der Waals surface area contributed by atoms with Gasteiger partial charge in [0.25, 0.3) is 0 Å². The largest absolute Gasteiger partial charge is 0.147 e. The third kappa shape index (κ3) is 3.76. The van der Waals surface area contributed by atoms with Crippen LogP contribution in [0.2, 0.25) is 9.26 Å². The molecule has 0 nitrogen and oxygen atoms in total. The Balaban J connectivity index is 0.00000132. The van der Waals surface area contributed by atoms with Gasteiger partial charge in [0, 0.05) is 0 Å². The minimum Gasteiger partial charge on any atom is -0.147 e. The van der Waals surface area contributed by atoms with Crippen LogP contribution in [0.3, 0.4) is 0 Å². The van der Waals surface area contributed by atoms with E-state index in [1.54, 1.807) is 6.56 Å². The first kappa shape index (κ1) is 20.9. The molecule has 0 aromatic heterocycles. The molecule has 23 heavy (non-hydrogen) atoms. The summed E-state index contributed by atoms with van der Waals surface area (Å²) in [5, 5.41) is 0. The molecule has 0 radical (unpaired) electrons. The summed E-state index contributed by atoms with van der Waals surface area (Å²) >= 11 is -2.99. The van der Waals surface area contributed by atoms with Gasteiger partial charge < -0.3 is 0 Å². The van der Waals surface area contributed by atoms with E-state index in [1.807, 2.05) is 0 Å². The van der Waals surface area contributed by atoms with E-state index in [0.29, 0.717) is 0 Å². The minimum absolute atomic E-state index is 0. The zero-order chi connectivity index (χ0) is 15.1. The van der Waals surface area contributed by atoms with Crippen LogP contribution in [0.1, 0.15) is 25.3 Å². The molecule has 0 fully saturated rings. The molecule has 2 aliphatic rings. The Hall–Kier alpha value is -0.140. The predicted octanol–water partition coefficient (Wildman–Crippen LogP) is 5.77. The topological polar surface area (TPSA) is 0 Å². The van der Waals surface area contributed by atoms with E-state index in [1.165, 1.54) is 23.1 Å². The van der Waals surface area contributed by atoms with Crippen molar-refractivity contribution >= 4 is 37.3 Å². The summed E-state index contributed by atoms with van der Waals surface area (Å²) in [6.45, 7) is 4.66. The van der Waals surface area contributed by atoms with E-state index in [9.17, 15) is 0 Å². The molecular formula is C19H26Cl2SiZr. The van der Waals surface area contributed by atoms with Crippen LogP contribution < -0.4 is 0 Å². The Labute approximate surface area is 155 Å². The number of rotatable bonds is 3. The van der Waals surface area contributed by atoms with Gasteiger partial charge in [-0.15, -0.1) is 24.8 Å². The molecule has 124 valence electrons. The number of benzene rings is 1. The molecule has 0 heterocycles. The number of allylic oxidation sites excluding steroid dienone is 8. The van der Waals surface area contributed by atoms with Crippen LogP contribution in [0.25, 0.3) is 5.57 Å². The molecule has 0 N–H and O–H groups in total. The van der Waals surface area contributed by atoms with Crippen LogP contribution in [0.5, 0.6) is 0 Å². The van der Waals surface area contributed by atoms with E-state index in [4.69, 9.17) is 0 Å². The third-order valence-corrected chi connectivity index (χ3v) is 22.3. The van der Waals surface area contributed by atoms with Crippen LogP contribution in [-0.2, 0) is 17.4 Å². The first-order chi connectivity index (χ1) is 9.88. The first-order valence-electron chi connectivity index (χ1n) is 7.78. The summed E-state index contributed by atoms with van der Waals surface area (Å²) < 4.78 is 8.79. The minimum atomic E-state index is -2.99. The van der Waals surface area contributed by atoms with Crippen molar-refractivity contribution in [3.8, 4) is 0 Å². The SMILES string of the molecule is CC1=[C]([Zr]([CH3])([CH3])(=[SiH2])[C]2=C(c3ccccc3)C=CC2)CC=C1.Cl.Cl. The number of hydrogen-bond acceptors (Lipinski definition) is 0. The fourth-order valence-corrected chi connectivity index (χ4v) is 19.1. The van der Waals surface area contributed by atoms with Crippen molar-refractivity contribution in [3.63, 3.8) is 0 Å². The Morgan fingerprint density at radius 3 is 2.00 bits per heavy atom. The van der Waals surface area contributed by atoms with Gasteiger partial charge in [0.15, 0.2) is 0 Å². The third-order valence-electron chi connectivity index (χ3n) is 5.12. The molecule has 4 heteroatoms. The molecule has 0 aliphatic heterocycles. The van der Waals surface area contributed by atoms with Gasteiger partial charge in [0.05, 0.1) is 0 Å². The molecule has 0 saturated carbocycles. The molecule has 1 aromatic carbocycles. The summed E-state index contributed by atoms with van der Waals surface area (Å²) in [5.41, 5.74) is 4.43. The van der Waals surface area contributed by atoms with Gasteiger partial charge in [0.2, 0.25) is 0 Å². The van der Waals surface area contributed by atoms with Crippen LogP contribution in [0.15, 0.2) is 66.8 Å². The van der Waals surface area contributed by atoms with E-state index in [0.717, 1.165) is 6.42 Å². The average molecular weight is 445 g/mol. The zero-order valence-corrected chi connectivity index (χ0v) is 19.6.